The van der Waals surface area contributed by atoms with Crippen molar-refractivity contribution in [1.82, 2.24) is 28.2 Å². The Kier molecular flexibility index (Phi) is 18.4. The fourth-order valence-electron chi connectivity index (χ4n) is 10.7. The van der Waals surface area contributed by atoms with Crippen molar-refractivity contribution < 1.29 is 65.4 Å². The molecule has 0 spiro atoms. The van der Waals surface area contributed by atoms with E-state index < -0.39 is 57.3 Å². The van der Waals surface area contributed by atoms with E-state index in [-0.39, 0.29) is 71.7 Å². The van der Waals surface area contributed by atoms with Crippen LogP contribution in [0.1, 0.15) is 85.7 Å². The van der Waals surface area contributed by atoms with Crippen LogP contribution in [0.15, 0.2) is 129 Å². The molecule has 2 N–H and O–H groups in total. The van der Waals surface area contributed by atoms with Crippen molar-refractivity contribution in [3.63, 3.8) is 0 Å². The number of hydrogen-bond donors (Lipinski definition) is 2. The molecule has 26 heteroatoms. The number of carbonyl (C=O) groups excluding carboxylic acids is 2. The zero-order valence-corrected chi connectivity index (χ0v) is 50.0. The van der Waals surface area contributed by atoms with Crippen molar-refractivity contribution in [2.45, 2.75) is 71.5 Å². The first kappa shape index (κ1) is 62.0. The number of nitrogens with zero attached hydrogens (tertiary/aromatic N) is 6. The van der Waals surface area contributed by atoms with Gasteiger partial charge in [0, 0.05) is 80.5 Å². The highest BCUT2D eigenvalue weighted by Crippen LogP contribution is 2.50. The first-order valence-corrected chi connectivity index (χ1v) is 29.2. The van der Waals surface area contributed by atoms with Crippen molar-refractivity contribution in [3.05, 3.63) is 180 Å². The van der Waals surface area contributed by atoms with E-state index in [1.807, 2.05) is 13.8 Å². The van der Waals surface area contributed by atoms with Gasteiger partial charge >= 0.3 is 11.4 Å². The SMILES string of the molecule is CCn1cc(C(=O)Nc2ccc(Oc3ccnc4cc(OCCOC)c5c(c34)OCCO5)cc2F)c(=O)n(-c2ccc(F)cc2)c1=O.COc1cc2nccc(Oc3ccc(NC(=O)c4cn(C(C)C)c(=O)n(C5CCCCC5)c4=O)cc3F)c2c2c1OCCO2. The molecule has 0 bridgehead atoms. The average molecular weight is 1250 g/mol. The summed E-state index contributed by atoms with van der Waals surface area (Å²) in [5, 5.41) is 5.98. The van der Waals surface area contributed by atoms with Crippen molar-refractivity contribution in [2.24, 2.45) is 0 Å². The Morgan fingerprint density at radius 1 is 0.626 bits per heavy atom. The van der Waals surface area contributed by atoms with Crippen molar-refractivity contribution in [1.29, 1.82) is 0 Å². The molecular formula is C65H61F3N8O15. The topological polar surface area (TPSA) is 255 Å². The van der Waals surface area contributed by atoms with Gasteiger partial charge in [0.15, 0.2) is 34.6 Å². The van der Waals surface area contributed by atoms with Gasteiger partial charge in [-0.1, -0.05) is 19.3 Å². The number of halogens is 3. The van der Waals surface area contributed by atoms with Crippen LogP contribution in [-0.4, -0.2) is 93.9 Å². The van der Waals surface area contributed by atoms with Crippen LogP contribution in [0.4, 0.5) is 24.5 Å². The van der Waals surface area contributed by atoms with Crippen molar-refractivity contribution in [3.8, 4) is 63.2 Å². The highest BCUT2D eigenvalue weighted by Gasteiger charge is 2.29. The molecule has 23 nitrogen and oxygen atoms in total. The zero-order chi connectivity index (χ0) is 64.0. The number of benzene rings is 5. The molecule has 472 valence electrons. The predicted octanol–water partition coefficient (Wildman–Crippen LogP) is 10.3. The third-order valence-electron chi connectivity index (χ3n) is 15.2. The number of nitrogens with one attached hydrogen (secondary N) is 2. The molecule has 12 rings (SSSR count). The second kappa shape index (κ2) is 27.0. The number of aromatic nitrogens is 6. The highest BCUT2D eigenvalue weighted by molar-refractivity contribution is 6.05. The number of carbonyl (C=O) groups is 2. The Hall–Kier alpha value is -10.6. The Morgan fingerprint density at radius 2 is 1.24 bits per heavy atom. The fraction of sp³-hybridized carbons (Fsp3) is 0.292. The number of anilines is 2. The standard InChI is InChI=1S/C33H28F2N4O8.C32H33FN4O7/c1-3-38-18-22(32(41)39(33(38)42)20-6-4-19(34)5-7-20)31(40)37-24-9-8-21(16-23(24)35)47-26-10-11-36-25-17-27(44-13-12-43-2)29-30(28(25)26)46-15-14-45-29;1-18(2)36-17-21(31(39)37(32(36)40)20-7-5-4-6-8-20)30(38)35-19-9-10-24(22(33)15-19)44-25-11-12-34-23-16-26(41-3)28-29(27(23)25)43-14-13-42-28/h4-11,16-18H,3,12-15H2,1-2H3,(H,37,40);9-12,15-18,20H,4-8,13-14H2,1-3H3,(H,35,38). The van der Waals surface area contributed by atoms with Gasteiger partial charge in [-0.2, -0.15) is 0 Å². The molecule has 3 aliphatic rings. The van der Waals surface area contributed by atoms with E-state index in [0.717, 1.165) is 58.9 Å². The lowest BCUT2D eigenvalue weighted by Gasteiger charge is -2.25. The van der Waals surface area contributed by atoms with Crippen LogP contribution < -0.4 is 71.0 Å². The van der Waals surface area contributed by atoms with E-state index in [4.69, 9.17) is 42.6 Å². The summed E-state index contributed by atoms with van der Waals surface area (Å²) in [4.78, 5) is 88.2. The molecule has 2 aliphatic heterocycles. The van der Waals surface area contributed by atoms with Crippen molar-refractivity contribution >= 4 is 45.0 Å². The van der Waals surface area contributed by atoms with E-state index in [9.17, 15) is 33.2 Å². The number of hydrogen-bond acceptors (Lipinski definition) is 17. The molecule has 0 saturated heterocycles. The molecule has 2 amide bonds. The number of ether oxygens (including phenoxy) is 9. The van der Waals surface area contributed by atoms with Gasteiger partial charge in [-0.25, -0.2) is 27.3 Å². The van der Waals surface area contributed by atoms with E-state index in [1.165, 1.54) is 71.2 Å². The fourth-order valence-corrected chi connectivity index (χ4v) is 10.7. The van der Waals surface area contributed by atoms with Gasteiger partial charge in [0.2, 0.25) is 11.5 Å². The Balaban J connectivity index is 0.000000187. The average Bonchev–Trinajstić information content (AvgIpc) is 0.828. The number of pyridine rings is 2. The van der Waals surface area contributed by atoms with Crippen LogP contribution in [0, 0.1) is 17.5 Å². The van der Waals surface area contributed by atoms with Gasteiger partial charge < -0.3 is 53.3 Å². The second-order valence-electron chi connectivity index (χ2n) is 21.3. The maximum absolute atomic E-state index is 15.4. The summed E-state index contributed by atoms with van der Waals surface area (Å²) in [6, 6.07) is 18.4. The van der Waals surface area contributed by atoms with Gasteiger partial charge in [0.1, 0.15) is 73.0 Å². The third-order valence-corrected chi connectivity index (χ3v) is 15.2. The smallest absolute Gasteiger partial charge is 0.335 e. The molecule has 1 fully saturated rings. The van der Waals surface area contributed by atoms with Crippen LogP contribution >= 0.6 is 0 Å². The summed E-state index contributed by atoms with van der Waals surface area (Å²) < 4.78 is 100. The van der Waals surface area contributed by atoms with Gasteiger partial charge in [-0.3, -0.25) is 42.8 Å². The summed E-state index contributed by atoms with van der Waals surface area (Å²) in [5.74, 6) is -0.839. The quantitative estimate of drug-likeness (QED) is 0.0804. The minimum Gasteiger partial charge on any atom is -0.493 e. The normalized spacial score (nSPS) is 13.5. The molecule has 1 aliphatic carbocycles. The molecule has 0 radical (unpaired) electrons. The number of methoxy groups -OCH3 is 2. The summed E-state index contributed by atoms with van der Waals surface area (Å²) in [7, 11) is 3.08. The first-order chi connectivity index (χ1) is 44.0. The predicted molar refractivity (Wildman–Crippen MR) is 328 cm³/mol. The molecule has 91 heavy (non-hydrogen) atoms. The van der Waals surface area contributed by atoms with Gasteiger partial charge in [-0.05, 0) is 94.3 Å². The Labute approximate surface area is 516 Å². The molecule has 6 heterocycles. The summed E-state index contributed by atoms with van der Waals surface area (Å²) in [5.41, 5.74) is -2.40. The highest BCUT2D eigenvalue weighted by atomic mass is 19.1. The van der Waals surface area contributed by atoms with E-state index >= 15 is 8.78 Å². The minimum atomic E-state index is -0.951. The molecular weight excluding hydrogens is 1190 g/mol. The number of aryl methyl sites for hydroxylation is 1. The van der Waals surface area contributed by atoms with Crippen molar-refractivity contribution in [2.75, 3.05) is 64.5 Å². The zero-order valence-electron chi connectivity index (χ0n) is 50.0. The van der Waals surface area contributed by atoms with E-state index in [2.05, 4.69) is 20.6 Å². The number of rotatable bonds is 17. The van der Waals surface area contributed by atoms with Gasteiger partial charge in [-0.15, -0.1) is 0 Å². The van der Waals surface area contributed by atoms with Crippen LogP contribution in [0.5, 0.6) is 57.5 Å². The second-order valence-corrected chi connectivity index (χ2v) is 21.3. The summed E-state index contributed by atoms with van der Waals surface area (Å²) >= 11 is 0. The Bertz CT molecular complexity index is 4530. The molecule has 4 aromatic heterocycles. The number of amides is 2. The first-order valence-electron chi connectivity index (χ1n) is 29.2. The van der Waals surface area contributed by atoms with Crippen LogP contribution in [0.25, 0.3) is 27.5 Å². The lowest BCUT2D eigenvalue weighted by atomic mass is 9.95. The molecule has 9 aromatic rings. The molecule has 1 saturated carbocycles. The maximum Gasteiger partial charge on any atom is 0.335 e. The van der Waals surface area contributed by atoms with Gasteiger partial charge in [0.25, 0.3) is 22.9 Å². The van der Waals surface area contributed by atoms with E-state index in [1.54, 1.807) is 38.3 Å². The summed E-state index contributed by atoms with van der Waals surface area (Å²) in [6.07, 6.45) is 9.71. The largest absolute Gasteiger partial charge is 0.493 e. The molecule has 5 aromatic carbocycles. The molecule has 0 unspecified atom stereocenters. The number of fused-ring (bicyclic) bond motifs is 6. The lowest BCUT2D eigenvalue weighted by molar-refractivity contribution is 0.101. The van der Waals surface area contributed by atoms with Crippen LogP contribution in [0.2, 0.25) is 0 Å². The Morgan fingerprint density at radius 3 is 1.86 bits per heavy atom. The van der Waals surface area contributed by atoms with Crippen LogP contribution in [0.3, 0.4) is 0 Å². The maximum atomic E-state index is 15.4. The summed E-state index contributed by atoms with van der Waals surface area (Å²) in [6.45, 7) is 7.31. The van der Waals surface area contributed by atoms with E-state index in [0.29, 0.717) is 101 Å². The third kappa shape index (κ3) is 12.8. The van der Waals surface area contributed by atoms with Crippen LogP contribution in [-0.2, 0) is 11.3 Å². The monoisotopic (exact) mass is 1250 g/mol. The molecule has 0 atom stereocenters. The minimum absolute atomic E-state index is 0.0719. The lowest BCUT2D eigenvalue weighted by Crippen LogP contribution is -2.45. The van der Waals surface area contributed by atoms with Gasteiger partial charge in [0.05, 0.1) is 46.9 Å².